The van der Waals surface area contributed by atoms with E-state index in [4.69, 9.17) is 4.42 Å². The zero-order valence-electron chi connectivity index (χ0n) is 16.9. The van der Waals surface area contributed by atoms with Crippen LogP contribution in [0.25, 0.3) is 0 Å². The molecule has 1 aliphatic heterocycles. The summed E-state index contributed by atoms with van der Waals surface area (Å²) in [5.74, 6) is 2.95. The number of nitrogens with one attached hydrogen (secondary N) is 1. The van der Waals surface area contributed by atoms with Crippen molar-refractivity contribution in [2.75, 3.05) is 32.1 Å². The van der Waals surface area contributed by atoms with Gasteiger partial charge in [0, 0.05) is 50.9 Å². The lowest BCUT2D eigenvalue weighted by atomic mass is 10.2. The van der Waals surface area contributed by atoms with Crippen LogP contribution in [0.2, 0.25) is 0 Å². The highest BCUT2D eigenvalue weighted by molar-refractivity contribution is 5.90. The fourth-order valence-corrected chi connectivity index (χ4v) is 3.29. The molecule has 3 heterocycles. The van der Waals surface area contributed by atoms with Crippen LogP contribution in [0.1, 0.15) is 46.7 Å². The van der Waals surface area contributed by atoms with E-state index in [9.17, 15) is 4.79 Å². The summed E-state index contributed by atoms with van der Waals surface area (Å²) in [7, 11) is 3.43. The molecule has 0 aromatic carbocycles. The van der Waals surface area contributed by atoms with Crippen molar-refractivity contribution in [2.45, 2.75) is 46.2 Å². The molecule has 3 rings (SSSR count). The Morgan fingerprint density at radius 1 is 1.30 bits per heavy atom. The summed E-state index contributed by atoms with van der Waals surface area (Å²) in [5, 5.41) is 3.57. The van der Waals surface area contributed by atoms with Crippen molar-refractivity contribution in [1.82, 2.24) is 20.2 Å². The monoisotopic (exact) mass is 371 g/mol. The first kappa shape index (κ1) is 19.4. The van der Waals surface area contributed by atoms with E-state index in [1.54, 1.807) is 14.1 Å². The average molecular weight is 371 g/mol. The summed E-state index contributed by atoms with van der Waals surface area (Å²) in [6.45, 7) is 8.53. The van der Waals surface area contributed by atoms with Crippen LogP contribution in [0.15, 0.2) is 16.5 Å². The number of aryl methyl sites for hydroxylation is 2. The molecule has 0 saturated carbocycles. The van der Waals surface area contributed by atoms with Crippen LogP contribution in [0.5, 0.6) is 0 Å². The van der Waals surface area contributed by atoms with Crippen molar-refractivity contribution in [3.63, 3.8) is 0 Å². The van der Waals surface area contributed by atoms with Crippen LogP contribution in [0, 0.1) is 13.8 Å². The zero-order valence-corrected chi connectivity index (χ0v) is 16.9. The van der Waals surface area contributed by atoms with Gasteiger partial charge in [0.05, 0.1) is 6.54 Å². The summed E-state index contributed by atoms with van der Waals surface area (Å²) >= 11 is 0. The first-order chi connectivity index (χ1) is 12.9. The molecule has 0 radical (unpaired) electrons. The summed E-state index contributed by atoms with van der Waals surface area (Å²) < 4.78 is 5.76. The van der Waals surface area contributed by atoms with E-state index in [1.165, 1.54) is 4.90 Å². The van der Waals surface area contributed by atoms with Crippen LogP contribution in [0.4, 0.5) is 5.82 Å². The van der Waals surface area contributed by atoms with Gasteiger partial charge in [-0.15, -0.1) is 0 Å². The minimum atomic E-state index is -0.169. The van der Waals surface area contributed by atoms with Gasteiger partial charge in [0.25, 0.3) is 5.91 Å². The third-order valence-electron chi connectivity index (χ3n) is 5.08. The normalized spacial score (nSPS) is 16.8. The first-order valence-corrected chi connectivity index (χ1v) is 9.51. The van der Waals surface area contributed by atoms with E-state index < -0.39 is 0 Å². The Morgan fingerprint density at radius 3 is 2.70 bits per heavy atom. The van der Waals surface area contributed by atoms with Gasteiger partial charge in [-0.3, -0.25) is 4.79 Å². The van der Waals surface area contributed by atoms with Gasteiger partial charge in [-0.25, -0.2) is 9.97 Å². The quantitative estimate of drug-likeness (QED) is 0.840. The van der Waals surface area contributed by atoms with Crippen molar-refractivity contribution >= 4 is 11.7 Å². The number of carbonyl (C=O) groups is 1. The van der Waals surface area contributed by atoms with Gasteiger partial charge in [0.15, 0.2) is 0 Å². The first-order valence-electron chi connectivity index (χ1n) is 9.51. The van der Waals surface area contributed by atoms with E-state index in [1.807, 2.05) is 26.0 Å². The molecule has 1 fully saturated rings. The number of hydrogen-bond donors (Lipinski definition) is 1. The molecule has 2 aromatic heterocycles. The summed E-state index contributed by atoms with van der Waals surface area (Å²) in [6.07, 6.45) is 1.94. The molecule has 7 nitrogen and oxygen atoms in total. The van der Waals surface area contributed by atoms with Gasteiger partial charge < -0.3 is 19.5 Å². The molecular weight excluding hydrogens is 342 g/mol. The molecule has 1 atom stereocenters. The van der Waals surface area contributed by atoms with Crippen LogP contribution in [-0.2, 0) is 13.0 Å². The van der Waals surface area contributed by atoms with Gasteiger partial charge in [-0.1, -0.05) is 6.92 Å². The smallest absolute Gasteiger partial charge is 0.291 e. The molecule has 1 aliphatic rings. The second-order valence-electron chi connectivity index (χ2n) is 7.31. The topological polar surface area (TPSA) is 74.5 Å². The van der Waals surface area contributed by atoms with Gasteiger partial charge in [0.2, 0.25) is 5.82 Å². The number of nitrogens with zero attached hydrogens (tertiary/aromatic N) is 4. The number of carbonyl (C=O) groups excluding carboxylic acids is 1. The summed E-state index contributed by atoms with van der Waals surface area (Å²) in [4.78, 5) is 25.0. The number of hydrogen-bond acceptors (Lipinski definition) is 6. The van der Waals surface area contributed by atoms with Gasteiger partial charge in [-0.2, -0.15) is 0 Å². The van der Waals surface area contributed by atoms with E-state index in [0.29, 0.717) is 6.04 Å². The maximum absolute atomic E-state index is 12.3. The number of aromatic nitrogens is 2. The maximum Gasteiger partial charge on any atom is 0.291 e. The highest BCUT2D eigenvalue weighted by Gasteiger charge is 2.26. The number of furan rings is 1. The molecule has 1 N–H and O–H groups in total. The summed E-state index contributed by atoms with van der Waals surface area (Å²) in [6, 6.07) is 4.44. The standard InChI is InChI=1S/C20H29N5O2/c1-6-16-7-8-17(27-16)11-21-15-9-10-25(12-15)19-13(2)14(3)22-18(23-19)20(26)24(4)5/h7-8,15,21H,6,9-12H2,1-5H3/t15-/m1/s1. The van der Waals surface area contributed by atoms with Crippen LogP contribution in [-0.4, -0.2) is 54.0 Å². The second kappa shape index (κ2) is 8.08. The molecule has 0 aliphatic carbocycles. The van der Waals surface area contributed by atoms with E-state index in [2.05, 4.69) is 27.1 Å². The minimum Gasteiger partial charge on any atom is -0.465 e. The maximum atomic E-state index is 12.3. The van der Waals surface area contributed by atoms with Gasteiger partial charge >= 0.3 is 0 Å². The van der Waals surface area contributed by atoms with E-state index in [0.717, 1.165) is 61.1 Å². The van der Waals surface area contributed by atoms with Crippen molar-refractivity contribution in [3.8, 4) is 0 Å². The average Bonchev–Trinajstić information content (AvgIpc) is 3.30. The second-order valence-corrected chi connectivity index (χ2v) is 7.31. The number of rotatable bonds is 6. The predicted molar refractivity (Wildman–Crippen MR) is 105 cm³/mol. The number of anilines is 1. The molecule has 146 valence electrons. The molecule has 2 aromatic rings. The van der Waals surface area contributed by atoms with Crippen molar-refractivity contribution < 1.29 is 9.21 Å². The van der Waals surface area contributed by atoms with Crippen LogP contribution >= 0.6 is 0 Å². The lowest BCUT2D eigenvalue weighted by molar-refractivity contribution is 0.0815. The SMILES string of the molecule is CCc1ccc(CN[C@@H]2CCN(c3nc(C(=O)N(C)C)nc(C)c3C)C2)o1. The highest BCUT2D eigenvalue weighted by atomic mass is 16.3. The molecule has 0 bridgehead atoms. The Hall–Kier alpha value is -2.41. The van der Waals surface area contributed by atoms with Crippen LogP contribution < -0.4 is 10.2 Å². The zero-order chi connectivity index (χ0) is 19.6. The van der Waals surface area contributed by atoms with Gasteiger partial charge in [-0.05, 0) is 32.4 Å². The molecule has 0 spiro atoms. The van der Waals surface area contributed by atoms with Crippen molar-refractivity contribution in [3.05, 3.63) is 40.7 Å². The largest absolute Gasteiger partial charge is 0.465 e. The Labute approximate surface area is 160 Å². The lowest BCUT2D eigenvalue weighted by Gasteiger charge is -2.22. The molecule has 7 heteroatoms. The van der Waals surface area contributed by atoms with Crippen molar-refractivity contribution in [1.29, 1.82) is 0 Å². The Kier molecular flexibility index (Phi) is 5.79. The third kappa shape index (κ3) is 4.30. The summed E-state index contributed by atoms with van der Waals surface area (Å²) in [5.41, 5.74) is 1.88. The highest BCUT2D eigenvalue weighted by Crippen LogP contribution is 2.24. The Morgan fingerprint density at radius 2 is 2.04 bits per heavy atom. The fourth-order valence-electron chi connectivity index (χ4n) is 3.29. The predicted octanol–water partition coefficient (Wildman–Crippen LogP) is 2.32. The minimum absolute atomic E-state index is 0.169. The Bertz CT molecular complexity index is 815. The fraction of sp³-hybridized carbons (Fsp3) is 0.550. The molecule has 27 heavy (non-hydrogen) atoms. The van der Waals surface area contributed by atoms with Crippen LogP contribution in [0.3, 0.4) is 0 Å². The van der Waals surface area contributed by atoms with E-state index >= 15 is 0 Å². The molecule has 0 unspecified atom stereocenters. The molecular formula is C20H29N5O2. The molecule has 1 amide bonds. The van der Waals surface area contributed by atoms with E-state index in [-0.39, 0.29) is 11.7 Å². The van der Waals surface area contributed by atoms with Gasteiger partial charge in [0.1, 0.15) is 17.3 Å². The third-order valence-corrected chi connectivity index (χ3v) is 5.08. The lowest BCUT2D eigenvalue weighted by Crippen LogP contribution is -2.33. The number of amides is 1. The van der Waals surface area contributed by atoms with Crippen molar-refractivity contribution in [2.24, 2.45) is 0 Å². The molecule has 1 saturated heterocycles. The Balaban J connectivity index is 1.68.